The number of alkyl halides is 3. The molecule has 0 saturated heterocycles. The van der Waals surface area contributed by atoms with Crippen LogP contribution in [0.4, 0.5) is 13.2 Å². The quantitative estimate of drug-likeness (QED) is 0.735. The van der Waals surface area contributed by atoms with Crippen molar-refractivity contribution in [2.24, 2.45) is 0 Å². The largest absolute Gasteiger partial charge is 0.488 e. The predicted molar refractivity (Wildman–Crippen MR) is 54.1 cm³/mol. The van der Waals surface area contributed by atoms with E-state index in [0.717, 1.165) is 0 Å². The van der Waals surface area contributed by atoms with Crippen molar-refractivity contribution in [3.8, 4) is 0 Å². The summed E-state index contributed by atoms with van der Waals surface area (Å²) in [6.45, 7) is 0. The minimum absolute atomic E-state index is 0.0153. The van der Waals surface area contributed by atoms with Crippen molar-refractivity contribution < 1.29 is 27.9 Å². The maximum Gasteiger partial charge on any atom is 0.488 e. The molecule has 0 spiro atoms. The Morgan fingerprint density at radius 2 is 2.00 bits per heavy atom. The number of carboxylic acids is 1. The van der Waals surface area contributed by atoms with Gasteiger partial charge in [0.1, 0.15) is 0 Å². The zero-order valence-electron chi connectivity index (χ0n) is 9.25. The highest BCUT2D eigenvalue weighted by Crippen LogP contribution is 2.39. The van der Waals surface area contributed by atoms with Gasteiger partial charge in [0.2, 0.25) is 0 Å². The molecule has 0 fully saturated rings. The first kappa shape index (κ1) is 12.7. The molecule has 0 saturated carbocycles. The highest BCUT2D eigenvalue weighted by molar-refractivity contribution is 6.00. The van der Waals surface area contributed by atoms with Crippen LogP contribution in [0.3, 0.4) is 0 Å². The fraction of sp³-hybridized carbons (Fsp3) is 0.455. The van der Waals surface area contributed by atoms with Gasteiger partial charge in [-0.3, -0.25) is 9.69 Å². The molecule has 1 N–H and O–H groups in total. The van der Waals surface area contributed by atoms with Crippen LogP contribution in [0.5, 0.6) is 0 Å². The SMILES string of the molecule is O=C(O)C1=CN(C(F)(F)F)C2=C(C1)C(=O)CCC2. The number of rotatable bonds is 1. The minimum atomic E-state index is -4.71. The van der Waals surface area contributed by atoms with Crippen LogP contribution >= 0.6 is 0 Å². The summed E-state index contributed by atoms with van der Waals surface area (Å²) in [4.78, 5) is 22.4. The van der Waals surface area contributed by atoms with E-state index < -0.39 is 23.6 Å². The molecule has 0 aromatic heterocycles. The van der Waals surface area contributed by atoms with Crippen molar-refractivity contribution in [3.05, 3.63) is 23.0 Å². The van der Waals surface area contributed by atoms with Crippen LogP contribution < -0.4 is 0 Å². The molecule has 1 aliphatic heterocycles. The van der Waals surface area contributed by atoms with Crippen molar-refractivity contribution in [2.75, 3.05) is 0 Å². The van der Waals surface area contributed by atoms with E-state index in [1.165, 1.54) is 0 Å². The Kier molecular flexibility index (Phi) is 2.92. The van der Waals surface area contributed by atoms with Gasteiger partial charge in [-0.2, -0.15) is 0 Å². The van der Waals surface area contributed by atoms with E-state index in [1.807, 2.05) is 0 Å². The Morgan fingerprint density at radius 3 is 2.56 bits per heavy atom. The van der Waals surface area contributed by atoms with Gasteiger partial charge >= 0.3 is 12.3 Å². The first-order chi connectivity index (χ1) is 8.30. The minimum Gasteiger partial charge on any atom is -0.478 e. The average Bonchev–Trinajstić information content (AvgIpc) is 2.27. The molecule has 0 aromatic carbocycles. The summed E-state index contributed by atoms with van der Waals surface area (Å²) in [6.07, 6.45) is -3.68. The summed E-state index contributed by atoms with van der Waals surface area (Å²) in [5.41, 5.74) is -0.538. The molecular weight excluding hydrogens is 251 g/mol. The molecule has 0 atom stereocenters. The van der Waals surface area contributed by atoms with Crippen LogP contribution in [0.1, 0.15) is 25.7 Å². The number of carbonyl (C=O) groups is 2. The molecule has 98 valence electrons. The molecule has 0 bridgehead atoms. The fourth-order valence-electron chi connectivity index (χ4n) is 2.17. The molecular formula is C11H10F3NO3. The summed E-state index contributed by atoms with van der Waals surface area (Å²) >= 11 is 0. The van der Waals surface area contributed by atoms with Crippen LogP contribution in [0.25, 0.3) is 0 Å². The van der Waals surface area contributed by atoms with Crippen LogP contribution in [0.2, 0.25) is 0 Å². The number of ketones is 1. The van der Waals surface area contributed by atoms with Gasteiger partial charge < -0.3 is 5.11 Å². The third-order valence-corrected chi connectivity index (χ3v) is 2.99. The highest BCUT2D eigenvalue weighted by atomic mass is 19.4. The van der Waals surface area contributed by atoms with Crippen molar-refractivity contribution in [2.45, 2.75) is 32.0 Å². The molecule has 0 unspecified atom stereocenters. The lowest BCUT2D eigenvalue weighted by molar-refractivity contribution is -0.217. The van der Waals surface area contributed by atoms with Crippen LogP contribution in [-0.2, 0) is 9.59 Å². The summed E-state index contributed by atoms with van der Waals surface area (Å²) in [6, 6.07) is 0. The average molecular weight is 261 g/mol. The summed E-state index contributed by atoms with van der Waals surface area (Å²) < 4.78 is 38.5. The van der Waals surface area contributed by atoms with Gasteiger partial charge in [0.05, 0.1) is 5.57 Å². The number of hydrogen-bond donors (Lipinski definition) is 1. The molecule has 2 aliphatic rings. The van der Waals surface area contributed by atoms with E-state index in [4.69, 9.17) is 5.11 Å². The summed E-state index contributed by atoms with van der Waals surface area (Å²) in [7, 11) is 0. The van der Waals surface area contributed by atoms with Crippen molar-refractivity contribution >= 4 is 11.8 Å². The Labute approximate surface area is 100 Å². The van der Waals surface area contributed by atoms with Gasteiger partial charge in [-0.25, -0.2) is 4.79 Å². The third kappa shape index (κ3) is 2.12. The summed E-state index contributed by atoms with van der Waals surface area (Å²) in [5.74, 6) is -1.83. The van der Waals surface area contributed by atoms with E-state index in [-0.39, 0.29) is 35.4 Å². The molecule has 0 aromatic rings. The van der Waals surface area contributed by atoms with E-state index in [9.17, 15) is 22.8 Å². The van der Waals surface area contributed by atoms with E-state index in [0.29, 0.717) is 12.6 Å². The maximum absolute atomic E-state index is 12.8. The highest BCUT2D eigenvalue weighted by Gasteiger charge is 2.43. The maximum atomic E-state index is 12.8. The molecule has 7 heteroatoms. The van der Waals surface area contributed by atoms with Gasteiger partial charge in [-0.05, 0) is 12.8 Å². The van der Waals surface area contributed by atoms with Gasteiger partial charge in [0, 0.05) is 30.3 Å². The van der Waals surface area contributed by atoms with Crippen LogP contribution in [0.15, 0.2) is 23.0 Å². The Balaban J connectivity index is 2.48. The molecule has 18 heavy (non-hydrogen) atoms. The fourth-order valence-corrected chi connectivity index (χ4v) is 2.17. The monoisotopic (exact) mass is 261 g/mol. The van der Waals surface area contributed by atoms with Crippen LogP contribution in [0, 0.1) is 0 Å². The zero-order chi connectivity index (χ0) is 13.5. The smallest absolute Gasteiger partial charge is 0.478 e. The lowest BCUT2D eigenvalue weighted by Crippen LogP contribution is -2.38. The van der Waals surface area contributed by atoms with Crippen molar-refractivity contribution in [1.82, 2.24) is 4.90 Å². The van der Waals surface area contributed by atoms with Crippen LogP contribution in [-0.4, -0.2) is 28.1 Å². The Morgan fingerprint density at radius 1 is 1.33 bits per heavy atom. The summed E-state index contributed by atoms with van der Waals surface area (Å²) in [5, 5.41) is 8.80. The second-order valence-corrected chi connectivity index (χ2v) is 4.18. The van der Waals surface area contributed by atoms with E-state index >= 15 is 0 Å². The van der Waals surface area contributed by atoms with Gasteiger partial charge in [-0.15, -0.1) is 13.2 Å². The topological polar surface area (TPSA) is 57.6 Å². The Hall–Kier alpha value is -1.79. The number of carboxylic acid groups (broad SMARTS) is 1. The van der Waals surface area contributed by atoms with Crippen molar-refractivity contribution in [1.29, 1.82) is 0 Å². The number of aliphatic carboxylic acids is 1. The van der Waals surface area contributed by atoms with E-state index in [1.54, 1.807) is 0 Å². The number of carbonyl (C=O) groups excluding carboxylic acids is 1. The predicted octanol–water partition coefficient (Wildman–Crippen LogP) is 2.19. The third-order valence-electron chi connectivity index (χ3n) is 2.99. The van der Waals surface area contributed by atoms with Gasteiger partial charge in [0.15, 0.2) is 5.78 Å². The number of nitrogens with zero attached hydrogens (tertiary/aromatic N) is 1. The molecule has 1 aliphatic carbocycles. The molecule has 2 rings (SSSR count). The Bertz CT molecular complexity index is 476. The lowest BCUT2D eigenvalue weighted by Gasteiger charge is -2.34. The number of allylic oxidation sites excluding steroid dienone is 2. The number of Topliss-reactive ketones (excluding diaryl/α,β-unsaturated/α-hetero) is 1. The molecule has 4 nitrogen and oxygen atoms in total. The first-order valence-electron chi connectivity index (χ1n) is 5.36. The molecule has 0 amide bonds. The normalized spacial score (nSPS) is 20.7. The van der Waals surface area contributed by atoms with Gasteiger partial charge in [0.25, 0.3) is 0 Å². The first-order valence-corrected chi connectivity index (χ1v) is 5.36. The molecule has 1 heterocycles. The second kappa shape index (κ2) is 4.15. The zero-order valence-corrected chi connectivity index (χ0v) is 9.25. The van der Waals surface area contributed by atoms with Gasteiger partial charge in [-0.1, -0.05) is 0 Å². The second-order valence-electron chi connectivity index (χ2n) is 4.18. The number of halogens is 3. The van der Waals surface area contributed by atoms with Crippen molar-refractivity contribution in [3.63, 3.8) is 0 Å². The molecule has 0 radical (unpaired) electrons. The standard InChI is InChI=1S/C11H10F3NO3/c12-11(13,14)15-5-6(10(17)18)4-7-8(15)2-1-3-9(7)16/h5H,1-4H2,(H,17,18). The van der Waals surface area contributed by atoms with E-state index in [2.05, 4.69) is 0 Å². The number of hydrogen-bond acceptors (Lipinski definition) is 3. The lowest BCUT2D eigenvalue weighted by atomic mass is 9.87.